The Hall–Kier alpha value is -3.95. The first-order valence-electron chi connectivity index (χ1n) is 11.5. The molecule has 0 aliphatic heterocycles. The van der Waals surface area contributed by atoms with Crippen molar-refractivity contribution < 1.29 is 0 Å². The van der Waals surface area contributed by atoms with Crippen LogP contribution in [0.4, 0.5) is 0 Å². The normalized spacial score (nSPS) is 12.6. The Morgan fingerprint density at radius 1 is 0.794 bits per heavy atom. The second-order valence-electron chi connectivity index (χ2n) is 8.45. The van der Waals surface area contributed by atoms with E-state index in [4.69, 9.17) is 0 Å². The fourth-order valence-corrected chi connectivity index (χ4v) is 6.09. The molecule has 2 nitrogen and oxygen atoms in total. The average Bonchev–Trinajstić information content (AvgIpc) is 3.27. The van der Waals surface area contributed by atoms with Gasteiger partial charge in [0.1, 0.15) is 0 Å². The lowest BCUT2D eigenvalue weighted by Gasteiger charge is -2.16. The van der Waals surface area contributed by atoms with E-state index in [1.165, 1.54) is 10.1 Å². The Bertz CT molecular complexity index is 1780. The van der Waals surface area contributed by atoms with Crippen molar-refractivity contribution in [3.8, 4) is 16.8 Å². The van der Waals surface area contributed by atoms with E-state index in [1.54, 1.807) is 11.3 Å². The lowest BCUT2D eigenvalue weighted by atomic mass is 9.97. The first-order valence-corrected chi connectivity index (χ1v) is 12.3. The number of thiophene rings is 1. The minimum atomic E-state index is 0.0215. The van der Waals surface area contributed by atoms with Crippen molar-refractivity contribution in [2.75, 3.05) is 0 Å². The van der Waals surface area contributed by atoms with Gasteiger partial charge in [0, 0.05) is 25.6 Å². The van der Waals surface area contributed by atoms with Crippen molar-refractivity contribution in [2.45, 2.75) is 13.8 Å². The Kier molecular flexibility index (Phi) is 4.93. The minimum Gasteiger partial charge on any atom is -0.276 e. The molecule has 6 aromatic rings. The fraction of sp³-hybridized carbons (Fsp3) is 0.0645. The van der Waals surface area contributed by atoms with E-state index in [0.717, 1.165) is 48.9 Å². The van der Waals surface area contributed by atoms with Crippen LogP contribution < -0.4 is 5.56 Å². The first-order chi connectivity index (χ1) is 16.7. The summed E-state index contributed by atoms with van der Waals surface area (Å²) in [5.41, 5.74) is 6.29. The lowest BCUT2D eigenvalue weighted by molar-refractivity contribution is 1.06. The molecule has 0 fully saturated rings. The highest BCUT2D eigenvalue weighted by molar-refractivity contribution is 7.26. The second kappa shape index (κ2) is 8.12. The van der Waals surface area contributed by atoms with Crippen LogP contribution in [-0.4, -0.2) is 4.57 Å². The van der Waals surface area contributed by atoms with Crippen LogP contribution in [0, 0.1) is 0 Å². The largest absolute Gasteiger partial charge is 0.276 e. The minimum absolute atomic E-state index is 0.0215. The molecule has 0 aliphatic rings. The quantitative estimate of drug-likeness (QED) is 0.192. The molecule has 0 radical (unpaired) electrons. The van der Waals surface area contributed by atoms with Crippen molar-refractivity contribution in [1.82, 2.24) is 4.57 Å². The fourth-order valence-electron chi connectivity index (χ4n) is 4.94. The van der Waals surface area contributed by atoms with E-state index >= 15 is 0 Å². The van der Waals surface area contributed by atoms with Gasteiger partial charge >= 0.3 is 0 Å². The van der Waals surface area contributed by atoms with E-state index in [0.29, 0.717) is 0 Å². The molecule has 0 saturated carbocycles. The molecule has 34 heavy (non-hydrogen) atoms. The third-order valence-electron chi connectivity index (χ3n) is 6.45. The Morgan fingerprint density at radius 2 is 1.56 bits per heavy atom. The van der Waals surface area contributed by atoms with E-state index in [9.17, 15) is 4.79 Å². The molecule has 2 aromatic heterocycles. The topological polar surface area (TPSA) is 22.0 Å². The molecule has 4 aromatic carbocycles. The SMILES string of the molecule is CC=CC(=CC)c1cc(-c2ccccc2)cc(-n2c(=O)c3cccc4sc5cccc2c5c43)c1. The van der Waals surface area contributed by atoms with Gasteiger partial charge in [-0.1, -0.05) is 60.7 Å². The van der Waals surface area contributed by atoms with Crippen LogP contribution in [0.15, 0.2) is 108 Å². The number of aromatic nitrogens is 1. The maximum absolute atomic E-state index is 14.0. The van der Waals surface area contributed by atoms with Gasteiger partial charge in [0.2, 0.25) is 0 Å². The van der Waals surface area contributed by atoms with Gasteiger partial charge in [-0.2, -0.15) is 0 Å². The standard InChI is InChI=1S/C31H23NOS/c1-3-10-20(4-2)22-17-23(21-11-6-5-7-12-21)19-24(18-22)32-26-14-9-16-28-30(26)29-25(31(32)33)13-8-15-27(29)34-28/h3-19H,1-2H3. The lowest BCUT2D eigenvalue weighted by Crippen LogP contribution is -2.19. The number of nitrogens with zero attached hydrogens (tertiary/aromatic N) is 1. The van der Waals surface area contributed by atoms with Crippen molar-refractivity contribution in [2.24, 2.45) is 0 Å². The third kappa shape index (κ3) is 3.12. The molecule has 0 amide bonds. The molecular weight excluding hydrogens is 434 g/mol. The maximum Gasteiger partial charge on any atom is 0.263 e. The Morgan fingerprint density at radius 3 is 2.32 bits per heavy atom. The maximum atomic E-state index is 14.0. The molecule has 0 unspecified atom stereocenters. The van der Waals surface area contributed by atoms with Crippen LogP contribution in [0.3, 0.4) is 0 Å². The summed E-state index contributed by atoms with van der Waals surface area (Å²) in [6.45, 7) is 4.08. The number of rotatable bonds is 4. The van der Waals surface area contributed by atoms with E-state index in [2.05, 4.69) is 91.9 Å². The molecule has 0 atom stereocenters. The van der Waals surface area contributed by atoms with Crippen molar-refractivity contribution in [3.63, 3.8) is 0 Å². The van der Waals surface area contributed by atoms with Gasteiger partial charge in [0.25, 0.3) is 5.56 Å². The van der Waals surface area contributed by atoms with Crippen molar-refractivity contribution in [1.29, 1.82) is 0 Å². The second-order valence-corrected chi connectivity index (χ2v) is 9.53. The zero-order valence-corrected chi connectivity index (χ0v) is 19.9. The van der Waals surface area contributed by atoms with E-state index in [-0.39, 0.29) is 5.56 Å². The predicted molar refractivity (Wildman–Crippen MR) is 148 cm³/mol. The van der Waals surface area contributed by atoms with Gasteiger partial charge in [0.05, 0.1) is 11.2 Å². The van der Waals surface area contributed by atoms with Gasteiger partial charge in [-0.3, -0.25) is 9.36 Å². The van der Waals surface area contributed by atoms with Crippen LogP contribution in [0.1, 0.15) is 19.4 Å². The van der Waals surface area contributed by atoms with Gasteiger partial charge in [0.15, 0.2) is 0 Å². The number of hydrogen-bond acceptors (Lipinski definition) is 2. The number of allylic oxidation sites excluding steroid dienone is 4. The average molecular weight is 458 g/mol. The molecule has 2 heterocycles. The van der Waals surface area contributed by atoms with Crippen LogP contribution in [0.5, 0.6) is 0 Å². The molecule has 0 saturated heterocycles. The van der Waals surface area contributed by atoms with Gasteiger partial charge in [-0.15, -0.1) is 11.3 Å². The first kappa shape index (κ1) is 20.6. The zero-order valence-electron chi connectivity index (χ0n) is 19.1. The van der Waals surface area contributed by atoms with Crippen LogP contribution >= 0.6 is 11.3 Å². The highest BCUT2D eigenvalue weighted by Crippen LogP contribution is 2.40. The molecular formula is C31H23NOS. The number of benzene rings is 4. The smallest absolute Gasteiger partial charge is 0.263 e. The molecule has 164 valence electrons. The summed E-state index contributed by atoms with van der Waals surface area (Å²) in [7, 11) is 0. The molecule has 3 heteroatoms. The third-order valence-corrected chi connectivity index (χ3v) is 7.57. The molecule has 0 spiro atoms. The van der Waals surface area contributed by atoms with Crippen molar-refractivity contribution >= 4 is 48.0 Å². The van der Waals surface area contributed by atoms with Gasteiger partial charge in [-0.25, -0.2) is 0 Å². The van der Waals surface area contributed by atoms with Crippen LogP contribution in [0.25, 0.3) is 53.5 Å². The molecule has 0 bridgehead atoms. The number of pyridine rings is 1. The summed E-state index contributed by atoms with van der Waals surface area (Å²) in [5, 5.41) is 3.03. The summed E-state index contributed by atoms with van der Waals surface area (Å²) in [5.74, 6) is 0. The van der Waals surface area contributed by atoms with Gasteiger partial charge in [-0.05, 0) is 78.6 Å². The Balaban J connectivity index is 1.74. The number of hydrogen-bond donors (Lipinski definition) is 0. The highest BCUT2D eigenvalue weighted by atomic mass is 32.1. The summed E-state index contributed by atoms with van der Waals surface area (Å²) in [4.78, 5) is 14.0. The Labute approximate surface area is 202 Å². The summed E-state index contributed by atoms with van der Waals surface area (Å²) >= 11 is 1.75. The van der Waals surface area contributed by atoms with Crippen molar-refractivity contribution in [3.05, 3.63) is 119 Å². The summed E-state index contributed by atoms with van der Waals surface area (Å²) in [6, 6.07) is 29.2. The molecule has 0 N–H and O–H groups in total. The molecule has 6 rings (SSSR count). The van der Waals surface area contributed by atoms with Gasteiger partial charge < -0.3 is 0 Å². The van der Waals surface area contributed by atoms with E-state index in [1.807, 2.05) is 29.7 Å². The summed E-state index contributed by atoms with van der Waals surface area (Å²) in [6.07, 6.45) is 6.28. The van der Waals surface area contributed by atoms with Crippen LogP contribution in [0.2, 0.25) is 0 Å². The molecule has 0 aliphatic carbocycles. The zero-order chi connectivity index (χ0) is 23.2. The van der Waals surface area contributed by atoms with Crippen LogP contribution in [-0.2, 0) is 0 Å². The monoisotopic (exact) mass is 457 g/mol. The predicted octanol–water partition coefficient (Wildman–Crippen LogP) is 8.44. The van der Waals surface area contributed by atoms with E-state index < -0.39 is 0 Å². The summed E-state index contributed by atoms with van der Waals surface area (Å²) < 4.78 is 4.27. The highest BCUT2D eigenvalue weighted by Gasteiger charge is 2.19.